The highest BCUT2D eigenvalue weighted by Gasteiger charge is 2.28. The van der Waals surface area contributed by atoms with Gasteiger partial charge in [-0.15, -0.1) is 11.3 Å². The molecule has 3 nitrogen and oxygen atoms in total. The molecule has 1 saturated carbocycles. The summed E-state index contributed by atoms with van der Waals surface area (Å²) in [7, 11) is 1.70. The highest BCUT2D eigenvalue weighted by Crippen LogP contribution is 2.28. The highest BCUT2D eigenvalue weighted by molar-refractivity contribution is 7.17. The lowest BCUT2D eigenvalue weighted by molar-refractivity contribution is 0.0509. The zero-order valence-electron chi connectivity index (χ0n) is 12.1. The van der Waals surface area contributed by atoms with Crippen LogP contribution in [0.15, 0.2) is 41.8 Å². The van der Waals surface area contributed by atoms with Gasteiger partial charge in [0.2, 0.25) is 0 Å². The summed E-state index contributed by atoms with van der Waals surface area (Å²) in [5.41, 5.74) is 1.96. The molecule has 1 fully saturated rings. The van der Waals surface area contributed by atoms with Crippen LogP contribution in [0.5, 0.6) is 0 Å². The van der Waals surface area contributed by atoms with Crippen molar-refractivity contribution in [2.24, 2.45) is 0 Å². The first-order valence-corrected chi connectivity index (χ1v) is 8.03. The van der Waals surface area contributed by atoms with Gasteiger partial charge >= 0.3 is 0 Å². The predicted octanol–water partition coefficient (Wildman–Crippen LogP) is 3.75. The van der Waals surface area contributed by atoms with Crippen LogP contribution in [0, 0.1) is 0 Å². The van der Waals surface area contributed by atoms with Gasteiger partial charge in [-0.25, -0.2) is 0 Å². The van der Waals surface area contributed by atoms with Gasteiger partial charge in [0.15, 0.2) is 0 Å². The van der Waals surface area contributed by atoms with Crippen molar-refractivity contribution in [3.05, 3.63) is 47.4 Å². The molecule has 4 heteroatoms. The third-order valence-corrected chi connectivity index (χ3v) is 5.06. The van der Waals surface area contributed by atoms with Gasteiger partial charge in [-0.3, -0.25) is 4.79 Å². The Labute approximate surface area is 128 Å². The number of hydrogen-bond acceptors (Lipinski definition) is 3. The van der Waals surface area contributed by atoms with Crippen LogP contribution in [-0.2, 0) is 4.74 Å². The zero-order valence-corrected chi connectivity index (χ0v) is 12.9. The molecule has 110 valence electrons. The van der Waals surface area contributed by atoms with Crippen molar-refractivity contribution in [2.45, 2.75) is 31.4 Å². The molecule has 0 radical (unpaired) electrons. The molecular weight excluding hydrogens is 282 g/mol. The molecule has 0 bridgehead atoms. The Bertz CT molecular complexity index is 676. The average molecular weight is 301 g/mol. The highest BCUT2D eigenvalue weighted by atomic mass is 32.1. The number of carbonyl (C=O) groups is 1. The monoisotopic (exact) mass is 301 g/mol. The molecule has 0 saturated heterocycles. The Morgan fingerprint density at radius 1 is 1.43 bits per heavy atom. The second-order valence-electron chi connectivity index (χ2n) is 5.49. The van der Waals surface area contributed by atoms with Gasteiger partial charge in [-0.05, 0) is 25.3 Å². The number of benzene rings is 1. The molecule has 2 atom stereocenters. The van der Waals surface area contributed by atoms with E-state index in [0.717, 1.165) is 34.9 Å². The van der Waals surface area contributed by atoms with Crippen LogP contribution in [0.1, 0.15) is 29.6 Å². The fourth-order valence-corrected chi connectivity index (χ4v) is 3.83. The first-order valence-electron chi connectivity index (χ1n) is 7.15. The summed E-state index contributed by atoms with van der Waals surface area (Å²) in [5.74, 6) is -0.00740. The number of amides is 1. The van der Waals surface area contributed by atoms with Gasteiger partial charge in [0.05, 0.1) is 17.7 Å². The van der Waals surface area contributed by atoms with Crippen molar-refractivity contribution in [1.29, 1.82) is 0 Å². The van der Waals surface area contributed by atoms with Gasteiger partial charge in [0.1, 0.15) is 0 Å². The summed E-state index contributed by atoms with van der Waals surface area (Å²) in [4.78, 5) is 12.5. The van der Waals surface area contributed by atoms with Gasteiger partial charge in [-0.1, -0.05) is 30.4 Å². The van der Waals surface area contributed by atoms with Crippen LogP contribution in [0.4, 0.5) is 0 Å². The molecule has 0 spiro atoms. The fourth-order valence-electron chi connectivity index (χ4n) is 2.89. The van der Waals surface area contributed by atoms with E-state index < -0.39 is 0 Å². The van der Waals surface area contributed by atoms with Crippen molar-refractivity contribution >= 4 is 27.3 Å². The maximum absolute atomic E-state index is 12.5. The van der Waals surface area contributed by atoms with Crippen LogP contribution >= 0.6 is 11.3 Å². The zero-order chi connectivity index (χ0) is 14.8. The maximum atomic E-state index is 12.5. The Kier molecular flexibility index (Phi) is 4.08. The van der Waals surface area contributed by atoms with Crippen molar-refractivity contribution in [3.63, 3.8) is 0 Å². The first kappa shape index (κ1) is 14.3. The van der Waals surface area contributed by atoms with Gasteiger partial charge in [0, 0.05) is 22.6 Å². The Hall–Kier alpha value is -1.65. The van der Waals surface area contributed by atoms with Crippen molar-refractivity contribution in [1.82, 2.24) is 5.32 Å². The summed E-state index contributed by atoms with van der Waals surface area (Å²) in [6.07, 6.45) is 2.70. The third-order valence-electron chi connectivity index (χ3n) is 4.09. The number of methoxy groups -OCH3 is 1. The maximum Gasteiger partial charge on any atom is 0.253 e. The normalized spacial score (nSPS) is 22.4. The lowest BCUT2D eigenvalue weighted by atomic mass is 9.89. The van der Waals surface area contributed by atoms with Crippen molar-refractivity contribution in [2.75, 3.05) is 7.11 Å². The number of carbonyl (C=O) groups excluding carboxylic acids is 1. The van der Waals surface area contributed by atoms with Crippen molar-refractivity contribution in [3.8, 4) is 0 Å². The summed E-state index contributed by atoms with van der Waals surface area (Å²) >= 11 is 1.61. The van der Waals surface area contributed by atoms with Crippen molar-refractivity contribution < 1.29 is 9.53 Å². The lowest BCUT2D eigenvalue weighted by Gasteiger charge is -2.32. The molecule has 0 aliphatic heterocycles. The van der Waals surface area contributed by atoms with E-state index in [1.807, 2.05) is 29.6 Å². The van der Waals surface area contributed by atoms with E-state index >= 15 is 0 Å². The van der Waals surface area contributed by atoms with Gasteiger partial charge in [0.25, 0.3) is 5.91 Å². The fraction of sp³-hybridized carbons (Fsp3) is 0.353. The number of hydrogen-bond donors (Lipinski definition) is 1. The largest absolute Gasteiger partial charge is 0.379 e. The van der Waals surface area contributed by atoms with E-state index in [9.17, 15) is 4.79 Å². The van der Waals surface area contributed by atoms with Crippen LogP contribution in [0.2, 0.25) is 0 Å². The Morgan fingerprint density at radius 3 is 3.05 bits per heavy atom. The number of thiophene rings is 1. The molecule has 3 rings (SSSR count). The van der Waals surface area contributed by atoms with Crippen LogP contribution in [-0.4, -0.2) is 25.2 Å². The number of rotatable bonds is 3. The Balaban J connectivity index is 1.78. The van der Waals surface area contributed by atoms with E-state index in [4.69, 9.17) is 4.74 Å². The lowest BCUT2D eigenvalue weighted by Crippen LogP contribution is -2.46. The molecule has 1 aromatic heterocycles. The summed E-state index contributed by atoms with van der Waals surface area (Å²) < 4.78 is 6.65. The number of nitrogens with one attached hydrogen (secondary N) is 1. The van der Waals surface area contributed by atoms with E-state index in [2.05, 4.69) is 11.9 Å². The molecule has 21 heavy (non-hydrogen) atoms. The Morgan fingerprint density at radius 2 is 2.24 bits per heavy atom. The molecule has 1 aliphatic carbocycles. The quantitative estimate of drug-likeness (QED) is 0.877. The molecular formula is C17H19NO2S. The SMILES string of the molecule is C=C1CCC(NC(=O)c2csc3ccccc23)C(OC)C1. The summed E-state index contributed by atoms with van der Waals surface area (Å²) in [5, 5.41) is 6.09. The van der Waals surface area contributed by atoms with E-state index in [-0.39, 0.29) is 18.1 Å². The summed E-state index contributed by atoms with van der Waals surface area (Å²) in [6.45, 7) is 4.03. The topological polar surface area (TPSA) is 38.3 Å². The van der Waals surface area contributed by atoms with Crippen LogP contribution < -0.4 is 5.32 Å². The number of fused-ring (bicyclic) bond motifs is 1. The van der Waals surface area contributed by atoms with Gasteiger partial charge < -0.3 is 10.1 Å². The molecule has 1 amide bonds. The summed E-state index contributed by atoms with van der Waals surface area (Å²) in [6, 6.07) is 8.06. The second kappa shape index (κ2) is 6.00. The first-order chi connectivity index (χ1) is 10.2. The van der Waals surface area contributed by atoms with E-state index in [1.54, 1.807) is 18.4 Å². The third kappa shape index (κ3) is 2.87. The minimum absolute atomic E-state index is 0.00740. The van der Waals surface area contributed by atoms with E-state index in [0.29, 0.717) is 0 Å². The number of ether oxygens (including phenoxy) is 1. The molecule has 1 aromatic carbocycles. The van der Waals surface area contributed by atoms with E-state index in [1.165, 1.54) is 5.57 Å². The van der Waals surface area contributed by atoms with Crippen LogP contribution in [0.25, 0.3) is 10.1 Å². The standard InChI is InChI=1S/C17H19NO2S/c1-11-7-8-14(15(9-11)20-2)18-17(19)13-10-21-16-6-4-3-5-12(13)16/h3-6,10,14-15H,1,7-9H2,2H3,(H,18,19). The van der Waals surface area contributed by atoms with Gasteiger partial charge in [-0.2, -0.15) is 0 Å². The molecule has 1 aliphatic rings. The molecule has 1 N–H and O–H groups in total. The minimum atomic E-state index is -0.00740. The van der Waals surface area contributed by atoms with Crippen LogP contribution in [0.3, 0.4) is 0 Å². The second-order valence-corrected chi connectivity index (χ2v) is 6.40. The average Bonchev–Trinajstić information content (AvgIpc) is 2.93. The molecule has 2 unspecified atom stereocenters. The molecule has 1 heterocycles. The molecule has 2 aromatic rings. The predicted molar refractivity (Wildman–Crippen MR) is 86.9 cm³/mol. The minimum Gasteiger partial charge on any atom is -0.379 e. The smallest absolute Gasteiger partial charge is 0.253 e.